The van der Waals surface area contributed by atoms with E-state index >= 15 is 0 Å². The second-order valence-corrected chi connectivity index (χ2v) is 4.59. The van der Waals surface area contributed by atoms with Gasteiger partial charge in [-0.1, -0.05) is 19.6 Å². The Balaban J connectivity index is 2.36. The highest BCUT2D eigenvalue weighted by molar-refractivity contribution is 6.07. The van der Waals surface area contributed by atoms with Gasteiger partial charge in [-0.3, -0.25) is 9.59 Å². The maximum Gasteiger partial charge on any atom is 0.357 e. The lowest BCUT2D eigenvalue weighted by Crippen LogP contribution is -2.38. The molecule has 2 heterocycles. The highest BCUT2D eigenvalue weighted by atomic mass is 16.5. The summed E-state index contributed by atoms with van der Waals surface area (Å²) in [5, 5.41) is 2.78. The van der Waals surface area contributed by atoms with Gasteiger partial charge in [0.15, 0.2) is 11.5 Å². The zero-order chi connectivity index (χ0) is 14.9. The number of ether oxygens (including phenoxy) is 1. The second kappa shape index (κ2) is 5.56. The van der Waals surface area contributed by atoms with Crippen molar-refractivity contribution in [3.05, 3.63) is 23.9 Å². The zero-order valence-corrected chi connectivity index (χ0v) is 11.3. The van der Waals surface area contributed by atoms with Gasteiger partial charge in [0.05, 0.1) is 0 Å². The fourth-order valence-corrected chi connectivity index (χ4v) is 2.30. The van der Waals surface area contributed by atoms with E-state index in [1.165, 1.54) is 11.1 Å². The molecule has 1 unspecified atom stereocenters. The van der Waals surface area contributed by atoms with E-state index in [1.54, 1.807) is 11.9 Å². The van der Waals surface area contributed by atoms with Crippen LogP contribution in [-0.2, 0) is 19.1 Å². The fraction of sp³-hybridized carbons (Fsp3) is 0.462. The average molecular weight is 279 g/mol. The number of nitrogens with two attached hydrogens (primary N) is 1. The smallest absolute Gasteiger partial charge is 0.357 e. The first kappa shape index (κ1) is 14.4. The van der Waals surface area contributed by atoms with Crippen LogP contribution in [0.2, 0.25) is 0 Å². The van der Waals surface area contributed by atoms with Gasteiger partial charge < -0.3 is 10.5 Å². The van der Waals surface area contributed by atoms with Crippen molar-refractivity contribution < 1.29 is 19.1 Å². The molecule has 0 spiro atoms. The predicted molar refractivity (Wildman–Crippen MR) is 69.9 cm³/mol. The summed E-state index contributed by atoms with van der Waals surface area (Å²) in [7, 11) is 0. The first-order chi connectivity index (χ1) is 9.51. The van der Waals surface area contributed by atoms with Crippen LogP contribution in [0.25, 0.3) is 0 Å². The van der Waals surface area contributed by atoms with Crippen molar-refractivity contribution in [2.75, 3.05) is 19.7 Å². The Morgan fingerprint density at radius 3 is 2.85 bits per heavy atom. The SMILES string of the molecule is C=CCOC(=O)C1=C(C(=O)CC)CN2CC(N)C(=O)N12. The third kappa shape index (κ3) is 2.25. The summed E-state index contributed by atoms with van der Waals surface area (Å²) in [4.78, 5) is 36.0. The van der Waals surface area contributed by atoms with Gasteiger partial charge in [0, 0.05) is 25.1 Å². The first-order valence-electron chi connectivity index (χ1n) is 6.40. The van der Waals surface area contributed by atoms with E-state index in [9.17, 15) is 14.4 Å². The van der Waals surface area contributed by atoms with Crippen LogP contribution in [0.5, 0.6) is 0 Å². The quantitative estimate of drug-likeness (QED) is 0.531. The molecule has 0 radical (unpaired) electrons. The molecule has 0 saturated carbocycles. The molecule has 1 fully saturated rings. The second-order valence-electron chi connectivity index (χ2n) is 4.59. The van der Waals surface area contributed by atoms with Crippen LogP contribution in [0.15, 0.2) is 23.9 Å². The topological polar surface area (TPSA) is 92.9 Å². The number of hydrogen-bond acceptors (Lipinski definition) is 6. The van der Waals surface area contributed by atoms with Crippen molar-refractivity contribution in [3.63, 3.8) is 0 Å². The van der Waals surface area contributed by atoms with E-state index in [0.717, 1.165) is 0 Å². The number of hydrogen-bond donors (Lipinski definition) is 1. The summed E-state index contributed by atoms with van der Waals surface area (Å²) >= 11 is 0. The molecule has 0 aromatic heterocycles. The molecule has 2 aliphatic heterocycles. The molecule has 0 aliphatic carbocycles. The molecule has 108 valence electrons. The van der Waals surface area contributed by atoms with Crippen molar-refractivity contribution >= 4 is 17.7 Å². The number of Topliss-reactive ketones (excluding diaryl/α,β-unsaturated/α-hetero) is 1. The summed E-state index contributed by atoms with van der Waals surface area (Å²) in [5.41, 5.74) is 5.98. The lowest BCUT2D eigenvalue weighted by atomic mass is 10.1. The molecule has 20 heavy (non-hydrogen) atoms. The van der Waals surface area contributed by atoms with Gasteiger partial charge in [-0.2, -0.15) is 0 Å². The van der Waals surface area contributed by atoms with Gasteiger partial charge in [0.1, 0.15) is 12.6 Å². The summed E-state index contributed by atoms with van der Waals surface area (Å²) in [6.45, 7) is 5.67. The number of carbonyl (C=O) groups excluding carboxylic acids is 3. The minimum absolute atomic E-state index is 0.00310. The van der Waals surface area contributed by atoms with Crippen molar-refractivity contribution in [1.29, 1.82) is 0 Å². The van der Waals surface area contributed by atoms with Crippen LogP contribution in [-0.4, -0.2) is 53.4 Å². The summed E-state index contributed by atoms with van der Waals surface area (Å²) in [6, 6.07) is -0.685. The number of fused-ring (bicyclic) bond motifs is 1. The maximum atomic E-state index is 12.1. The molecule has 0 aromatic rings. The van der Waals surface area contributed by atoms with Crippen LogP contribution in [0, 0.1) is 0 Å². The summed E-state index contributed by atoms with van der Waals surface area (Å²) in [5.74, 6) is -1.27. The molecule has 2 aliphatic rings. The highest BCUT2D eigenvalue weighted by Crippen LogP contribution is 2.30. The highest BCUT2D eigenvalue weighted by Gasteiger charge is 2.47. The molecule has 1 atom stereocenters. The summed E-state index contributed by atoms with van der Waals surface area (Å²) < 4.78 is 4.96. The molecule has 1 amide bonds. The molecule has 7 nitrogen and oxygen atoms in total. The molecule has 0 bridgehead atoms. The van der Waals surface area contributed by atoms with Gasteiger partial charge in [-0.25, -0.2) is 14.8 Å². The van der Waals surface area contributed by atoms with Crippen molar-refractivity contribution in [3.8, 4) is 0 Å². The number of ketones is 1. The number of rotatable bonds is 5. The lowest BCUT2D eigenvalue weighted by Gasteiger charge is -2.20. The Hall–Kier alpha value is -1.99. The van der Waals surface area contributed by atoms with Gasteiger partial charge in [-0.15, -0.1) is 0 Å². The number of carbonyl (C=O) groups is 3. The average Bonchev–Trinajstić information content (AvgIpc) is 2.93. The molecular formula is C13H17N3O4. The van der Waals surface area contributed by atoms with Gasteiger partial charge in [-0.05, 0) is 0 Å². The third-order valence-corrected chi connectivity index (χ3v) is 3.24. The van der Waals surface area contributed by atoms with Gasteiger partial charge >= 0.3 is 5.97 Å². The number of esters is 1. The van der Waals surface area contributed by atoms with E-state index in [0.29, 0.717) is 5.57 Å². The van der Waals surface area contributed by atoms with E-state index in [4.69, 9.17) is 10.5 Å². The van der Waals surface area contributed by atoms with Crippen LogP contribution in [0.1, 0.15) is 13.3 Å². The largest absolute Gasteiger partial charge is 0.457 e. The van der Waals surface area contributed by atoms with Crippen LogP contribution >= 0.6 is 0 Å². The molecule has 1 saturated heterocycles. The molecule has 0 aromatic carbocycles. The van der Waals surface area contributed by atoms with Crippen LogP contribution in [0.3, 0.4) is 0 Å². The number of nitrogens with zero attached hydrogens (tertiary/aromatic N) is 2. The van der Waals surface area contributed by atoms with E-state index in [-0.39, 0.29) is 37.6 Å². The van der Waals surface area contributed by atoms with Crippen molar-refractivity contribution in [2.45, 2.75) is 19.4 Å². The predicted octanol–water partition coefficient (Wildman–Crippen LogP) is -0.651. The Morgan fingerprint density at radius 1 is 1.55 bits per heavy atom. The Labute approximate surface area is 116 Å². The lowest BCUT2D eigenvalue weighted by molar-refractivity contribution is -0.146. The van der Waals surface area contributed by atoms with E-state index in [1.807, 2.05) is 0 Å². The maximum absolute atomic E-state index is 12.1. The third-order valence-electron chi connectivity index (χ3n) is 3.24. The standard InChI is InChI=1S/C13H17N3O4/c1-3-5-20-13(19)11-8(10(17)4-2)6-15-7-9(14)12(18)16(11)15/h3,9H,1,4-7,14H2,2H3. The number of amides is 1. The molecule has 7 heteroatoms. The fourth-order valence-electron chi connectivity index (χ4n) is 2.30. The van der Waals surface area contributed by atoms with Crippen molar-refractivity contribution in [1.82, 2.24) is 10.0 Å². The minimum Gasteiger partial charge on any atom is -0.457 e. The zero-order valence-electron chi connectivity index (χ0n) is 11.3. The van der Waals surface area contributed by atoms with E-state index < -0.39 is 17.9 Å². The van der Waals surface area contributed by atoms with Crippen molar-refractivity contribution in [2.24, 2.45) is 5.73 Å². The van der Waals surface area contributed by atoms with Crippen LogP contribution in [0.4, 0.5) is 0 Å². The molecule has 2 rings (SSSR count). The van der Waals surface area contributed by atoms with E-state index in [2.05, 4.69) is 6.58 Å². The minimum atomic E-state index is -0.702. The normalized spacial score (nSPS) is 22.2. The summed E-state index contributed by atoms with van der Waals surface area (Å²) in [6.07, 6.45) is 1.68. The Morgan fingerprint density at radius 2 is 2.25 bits per heavy atom. The van der Waals surface area contributed by atoms with Crippen LogP contribution < -0.4 is 5.73 Å². The molecule has 2 N–H and O–H groups in total. The first-order valence-corrected chi connectivity index (χ1v) is 6.40. The monoisotopic (exact) mass is 279 g/mol. The molecular weight excluding hydrogens is 262 g/mol. The Kier molecular flexibility index (Phi) is 4.01. The number of hydrazine groups is 1. The Bertz CT molecular complexity index is 512. The van der Waals surface area contributed by atoms with Gasteiger partial charge in [0.2, 0.25) is 0 Å². The van der Waals surface area contributed by atoms with Gasteiger partial charge in [0.25, 0.3) is 5.91 Å².